The summed E-state index contributed by atoms with van der Waals surface area (Å²) in [6.45, 7) is 4.94. The van der Waals surface area contributed by atoms with Crippen LogP contribution >= 0.6 is 0 Å². The number of hydrogen-bond acceptors (Lipinski definition) is 7. The molecule has 0 aromatic heterocycles. The van der Waals surface area contributed by atoms with E-state index in [1.807, 2.05) is 7.11 Å². The molecular weight excluding hydrogens is 400 g/mol. The Kier molecular flexibility index (Phi) is 24.3. The van der Waals surface area contributed by atoms with Gasteiger partial charge in [-0.05, 0) is 32.1 Å². The van der Waals surface area contributed by atoms with Crippen molar-refractivity contribution in [2.45, 2.75) is 90.6 Å². The summed E-state index contributed by atoms with van der Waals surface area (Å²) in [5.41, 5.74) is 0. The molecule has 4 aliphatic rings. The predicted octanol–water partition coefficient (Wildman–Crippen LogP) is 4.50. The largest absolute Gasteiger partial charge is 0.381 e. The summed E-state index contributed by atoms with van der Waals surface area (Å²) in [4.78, 5) is 0. The maximum atomic E-state index is 5.19. The van der Waals surface area contributed by atoms with Gasteiger partial charge in [0.05, 0.1) is 44.7 Å². The van der Waals surface area contributed by atoms with Gasteiger partial charge in [0.25, 0.3) is 0 Å². The van der Waals surface area contributed by atoms with Crippen molar-refractivity contribution < 1.29 is 33.2 Å². The van der Waals surface area contributed by atoms with Crippen molar-refractivity contribution in [2.24, 2.45) is 0 Å². The van der Waals surface area contributed by atoms with Crippen molar-refractivity contribution in [3.8, 4) is 0 Å². The van der Waals surface area contributed by atoms with Crippen LogP contribution in [0.25, 0.3) is 0 Å². The Morgan fingerprint density at radius 3 is 1.16 bits per heavy atom. The van der Waals surface area contributed by atoms with Crippen LogP contribution in [0, 0.1) is 0 Å². The van der Waals surface area contributed by atoms with Crippen molar-refractivity contribution in [3.05, 3.63) is 0 Å². The maximum Gasteiger partial charge on any atom is 0.104 e. The summed E-state index contributed by atoms with van der Waals surface area (Å²) < 4.78 is 35.1. The molecule has 0 N–H and O–H groups in total. The Hall–Kier alpha value is -0.280. The molecule has 31 heavy (non-hydrogen) atoms. The molecular formula is C24H52O7. The Bertz CT molecular complexity index is 314. The van der Waals surface area contributed by atoms with E-state index in [0.717, 1.165) is 58.9 Å². The fourth-order valence-electron chi connectivity index (χ4n) is 3.25. The molecule has 0 aromatic carbocycles. The first-order chi connectivity index (χ1) is 14.2. The number of ether oxygens (including phenoxy) is 7. The van der Waals surface area contributed by atoms with Gasteiger partial charge in [-0.3, -0.25) is 0 Å². The molecule has 7 heteroatoms. The van der Waals surface area contributed by atoms with E-state index in [0.29, 0.717) is 24.4 Å². The highest BCUT2D eigenvalue weighted by atomic mass is 16.6. The van der Waals surface area contributed by atoms with Gasteiger partial charge in [-0.1, -0.05) is 34.1 Å². The first-order valence-corrected chi connectivity index (χ1v) is 11.1. The van der Waals surface area contributed by atoms with Gasteiger partial charge in [-0.25, -0.2) is 0 Å². The van der Waals surface area contributed by atoms with E-state index in [2.05, 4.69) is 0 Å². The summed E-state index contributed by atoms with van der Waals surface area (Å²) in [7, 11) is 6.97. The highest BCUT2D eigenvalue weighted by Crippen LogP contribution is 2.19. The Morgan fingerprint density at radius 1 is 0.452 bits per heavy atom. The average Bonchev–Trinajstić information content (AvgIpc) is 3.30. The molecule has 2 atom stereocenters. The number of rotatable bonds is 4. The first-order valence-electron chi connectivity index (χ1n) is 11.1. The highest BCUT2D eigenvalue weighted by Gasteiger charge is 2.16. The minimum absolute atomic E-state index is 0. The van der Waals surface area contributed by atoms with Gasteiger partial charge >= 0.3 is 0 Å². The van der Waals surface area contributed by atoms with Gasteiger partial charge in [0.1, 0.15) is 6.10 Å². The van der Waals surface area contributed by atoms with Crippen LogP contribution in [0.4, 0.5) is 0 Å². The fourth-order valence-corrected chi connectivity index (χ4v) is 3.25. The standard InChI is InChI=1S/C7H14O.C6H12O2.C5H10O2.C4H8O2.2CH4/c1-8-7-5-3-2-4-6-7;1-7-6-3-2-4-8-5-6;1-6-5-2-3-7-4-5;1-5-4-2-6-3-4;;/h7H,2-6H2,1H3;6H,2-5H2,1H3;5H,2-4H2,1H3;4H,2-3H2,1H3;2*1H4. The quantitative estimate of drug-likeness (QED) is 0.622. The second kappa shape index (κ2) is 22.9. The third kappa shape index (κ3) is 16.9. The predicted molar refractivity (Wildman–Crippen MR) is 126 cm³/mol. The van der Waals surface area contributed by atoms with Crippen molar-refractivity contribution in [3.63, 3.8) is 0 Å². The average molecular weight is 453 g/mol. The summed E-state index contributed by atoms with van der Waals surface area (Å²) in [5, 5.41) is 0. The van der Waals surface area contributed by atoms with E-state index < -0.39 is 0 Å². The topological polar surface area (TPSA) is 64.6 Å². The van der Waals surface area contributed by atoms with Crippen LogP contribution in [-0.2, 0) is 33.2 Å². The van der Waals surface area contributed by atoms with Gasteiger partial charge in [-0.15, -0.1) is 0 Å². The minimum atomic E-state index is 0. The second-order valence-corrected chi connectivity index (χ2v) is 7.69. The van der Waals surface area contributed by atoms with Crippen molar-refractivity contribution in [1.29, 1.82) is 0 Å². The second-order valence-electron chi connectivity index (χ2n) is 7.69. The Morgan fingerprint density at radius 2 is 0.903 bits per heavy atom. The van der Waals surface area contributed by atoms with E-state index in [9.17, 15) is 0 Å². The van der Waals surface area contributed by atoms with Gasteiger partial charge in [0.2, 0.25) is 0 Å². The smallest absolute Gasteiger partial charge is 0.104 e. The van der Waals surface area contributed by atoms with Gasteiger partial charge in [0.15, 0.2) is 0 Å². The van der Waals surface area contributed by atoms with Crippen molar-refractivity contribution in [1.82, 2.24) is 0 Å². The van der Waals surface area contributed by atoms with Crippen LogP contribution in [-0.4, -0.2) is 92.5 Å². The third-order valence-electron chi connectivity index (χ3n) is 5.50. The molecule has 1 saturated carbocycles. The lowest BCUT2D eigenvalue weighted by Gasteiger charge is -2.23. The fraction of sp³-hybridized carbons (Fsp3) is 1.00. The first kappa shape index (κ1) is 32.9. The molecule has 7 nitrogen and oxygen atoms in total. The highest BCUT2D eigenvalue weighted by molar-refractivity contribution is 4.64. The minimum Gasteiger partial charge on any atom is -0.381 e. The lowest BCUT2D eigenvalue weighted by atomic mass is 9.98. The molecule has 0 bridgehead atoms. The lowest BCUT2D eigenvalue weighted by Crippen LogP contribution is -2.34. The van der Waals surface area contributed by atoms with E-state index in [1.54, 1.807) is 21.3 Å². The Balaban J connectivity index is 0. The summed E-state index contributed by atoms with van der Waals surface area (Å²) >= 11 is 0. The molecule has 0 aromatic rings. The molecule has 3 heterocycles. The zero-order valence-electron chi connectivity index (χ0n) is 19.1. The van der Waals surface area contributed by atoms with Crippen LogP contribution in [0.3, 0.4) is 0 Å². The van der Waals surface area contributed by atoms with Crippen molar-refractivity contribution in [2.75, 3.05) is 68.1 Å². The van der Waals surface area contributed by atoms with E-state index >= 15 is 0 Å². The van der Waals surface area contributed by atoms with Gasteiger partial charge in [-0.2, -0.15) is 0 Å². The molecule has 0 radical (unpaired) electrons. The van der Waals surface area contributed by atoms with Gasteiger partial charge in [0, 0.05) is 41.7 Å². The number of methoxy groups -OCH3 is 4. The molecule has 0 spiro atoms. The van der Waals surface area contributed by atoms with Crippen LogP contribution in [0.5, 0.6) is 0 Å². The van der Waals surface area contributed by atoms with E-state index in [-0.39, 0.29) is 14.9 Å². The molecule has 3 aliphatic heterocycles. The van der Waals surface area contributed by atoms with Crippen LogP contribution in [0.2, 0.25) is 0 Å². The molecule has 190 valence electrons. The summed E-state index contributed by atoms with van der Waals surface area (Å²) in [6, 6.07) is 0. The summed E-state index contributed by atoms with van der Waals surface area (Å²) in [6.07, 6.45) is 11.8. The molecule has 1 aliphatic carbocycles. The maximum absolute atomic E-state index is 5.19. The van der Waals surface area contributed by atoms with E-state index in [1.165, 1.54) is 32.1 Å². The normalized spacial score (nSPS) is 25.5. The van der Waals surface area contributed by atoms with Crippen LogP contribution < -0.4 is 0 Å². The molecule has 4 fully saturated rings. The molecule has 3 saturated heterocycles. The molecule has 0 amide bonds. The lowest BCUT2D eigenvalue weighted by molar-refractivity contribution is -0.113. The third-order valence-corrected chi connectivity index (χ3v) is 5.50. The summed E-state index contributed by atoms with van der Waals surface area (Å²) in [5.74, 6) is 0. The van der Waals surface area contributed by atoms with Crippen LogP contribution in [0.15, 0.2) is 0 Å². The zero-order chi connectivity index (χ0) is 21.2. The zero-order valence-corrected chi connectivity index (χ0v) is 19.1. The van der Waals surface area contributed by atoms with E-state index in [4.69, 9.17) is 33.2 Å². The molecule has 2 unspecified atom stereocenters. The Labute approximate surface area is 192 Å². The molecule has 4 rings (SSSR count). The number of hydrogen-bond donors (Lipinski definition) is 0. The van der Waals surface area contributed by atoms with Gasteiger partial charge < -0.3 is 33.2 Å². The SMILES string of the molecule is C.C.COC1CCCCC1.COC1CCCOC1.COC1CCOC1.COC1COC1. The van der Waals surface area contributed by atoms with Crippen LogP contribution in [0.1, 0.15) is 66.2 Å². The van der Waals surface area contributed by atoms with Crippen molar-refractivity contribution >= 4 is 0 Å². The monoisotopic (exact) mass is 452 g/mol.